The van der Waals surface area contributed by atoms with E-state index in [1.54, 1.807) is 36.5 Å². The molecule has 4 aromatic rings. The van der Waals surface area contributed by atoms with Gasteiger partial charge in [-0.15, -0.1) is 22.7 Å². The van der Waals surface area contributed by atoms with Gasteiger partial charge in [0.15, 0.2) is 16.6 Å². The van der Waals surface area contributed by atoms with Crippen LogP contribution < -0.4 is 0 Å². The molecular formula is C22H9N3O2S2. The van der Waals surface area contributed by atoms with Crippen LogP contribution in [0.25, 0.3) is 32.7 Å². The number of fused-ring (bicyclic) bond motifs is 2. The largest absolute Gasteiger partial charge is 0.453 e. The van der Waals surface area contributed by atoms with E-state index in [9.17, 15) is 15.3 Å². The lowest BCUT2D eigenvalue weighted by Crippen LogP contribution is -1.95. The zero-order valence-electron chi connectivity index (χ0n) is 14.7. The van der Waals surface area contributed by atoms with Gasteiger partial charge in [0.1, 0.15) is 23.3 Å². The normalized spacial score (nSPS) is 14.2. The summed E-state index contributed by atoms with van der Waals surface area (Å²) >= 11 is 2.98. The molecule has 136 valence electrons. The van der Waals surface area contributed by atoms with E-state index in [-0.39, 0.29) is 11.4 Å². The van der Waals surface area contributed by atoms with Gasteiger partial charge in [-0.1, -0.05) is 24.3 Å². The fraction of sp³-hybridized carbons (Fsp3) is 0. The second-order valence-electron chi connectivity index (χ2n) is 6.23. The molecule has 1 aromatic carbocycles. The summed E-state index contributed by atoms with van der Waals surface area (Å²) in [5.41, 5.74) is 2.51. The Morgan fingerprint density at radius 1 is 1.14 bits per heavy atom. The van der Waals surface area contributed by atoms with E-state index < -0.39 is 0 Å². The lowest BCUT2D eigenvalue weighted by Gasteiger charge is -2.01. The molecule has 0 saturated heterocycles. The zero-order chi connectivity index (χ0) is 20.0. The molecule has 0 bridgehead atoms. The minimum Gasteiger partial charge on any atom is -0.453 e. The van der Waals surface area contributed by atoms with Crippen LogP contribution in [0.4, 0.5) is 0 Å². The number of furan rings is 1. The molecule has 5 nitrogen and oxygen atoms in total. The van der Waals surface area contributed by atoms with Crippen molar-refractivity contribution < 1.29 is 9.21 Å². The number of aromatic nitrogens is 1. The highest BCUT2D eigenvalue weighted by atomic mass is 32.1. The van der Waals surface area contributed by atoms with Crippen LogP contribution in [0.2, 0.25) is 0 Å². The van der Waals surface area contributed by atoms with Gasteiger partial charge in [0.05, 0.1) is 4.70 Å². The molecule has 0 unspecified atom stereocenters. The van der Waals surface area contributed by atoms with E-state index in [2.05, 4.69) is 4.98 Å². The topological polar surface area (TPSA) is 90.7 Å². The van der Waals surface area contributed by atoms with Crippen LogP contribution in [-0.4, -0.2) is 10.8 Å². The van der Waals surface area contributed by atoms with Crippen molar-refractivity contribution >= 4 is 50.4 Å². The Morgan fingerprint density at radius 2 is 1.93 bits per heavy atom. The van der Waals surface area contributed by atoms with Gasteiger partial charge in [0.25, 0.3) is 0 Å². The highest BCUT2D eigenvalue weighted by molar-refractivity contribution is 7.20. The molecular weight excluding hydrogens is 402 g/mol. The van der Waals surface area contributed by atoms with Gasteiger partial charge in [0.2, 0.25) is 0 Å². The van der Waals surface area contributed by atoms with Crippen molar-refractivity contribution in [3.05, 3.63) is 75.1 Å². The maximum Gasteiger partial charge on any atom is 0.194 e. The second-order valence-corrected chi connectivity index (χ2v) is 8.24. The first kappa shape index (κ1) is 17.3. The average molecular weight is 411 g/mol. The number of thiazole rings is 1. The van der Waals surface area contributed by atoms with Crippen molar-refractivity contribution in [2.45, 2.75) is 0 Å². The van der Waals surface area contributed by atoms with Gasteiger partial charge < -0.3 is 4.42 Å². The first-order chi connectivity index (χ1) is 14.2. The summed E-state index contributed by atoms with van der Waals surface area (Å²) in [6.07, 6.45) is 3.46. The van der Waals surface area contributed by atoms with Crippen molar-refractivity contribution in [1.29, 1.82) is 10.5 Å². The fourth-order valence-corrected chi connectivity index (χ4v) is 4.92. The van der Waals surface area contributed by atoms with E-state index in [4.69, 9.17) is 4.42 Å². The number of rotatable bonds is 2. The number of hydrogen-bond acceptors (Lipinski definition) is 7. The highest BCUT2D eigenvalue weighted by Crippen LogP contribution is 2.41. The molecule has 1 aliphatic carbocycles. The molecule has 3 aromatic heterocycles. The molecule has 29 heavy (non-hydrogen) atoms. The summed E-state index contributed by atoms with van der Waals surface area (Å²) in [7, 11) is 0. The van der Waals surface area contributed by atoms with Crippen molar-refractivity contribution in [2.75, 3.05) is 0 Å². The molecule has 0 amide bonds. The quantitative estimate of drug-likeness (QED) is 0.312. The van der Waals surface area contributed by atoms with Gasteiger partial charge in [0, 0.05) is 39.2 Å². The third-order valence-corrected chi connectivity index (χ3v) is 6.38. The first-order valence-corrected chi connectivity index (χ1v) is 10.2. The van der Waals surface area contributed by atoms with E-state index in [1.165, 1.54) is 22.7 Å². The Kier molecular flexibility index (Phi) is 3.99. The number of allylic oxidation sites excluding steroid dienone is 3. The Hall–Kier alpha value is -3.78. The number of benzene rings is 1. The minimum atomic E-state index is -0.188. The molecule has 3 heterocycles. The van der Waals surface area contributed by atoms with Crippen LogP contribution in [0, 0.1) is 22.7 Å². The molecule has 0 atom stereocenters. The van der Waals surface area contributed by atoms with Crippen molar-refractivity contribution in [1.82, 2.24) is 4.98 Å². The SMILES string of the molecule is N#CC(C#N)=C1/C(=C/c2cc3oc(-c4nccs4)cc3s2)C(=O)c2ccccc21. The van der Waals surface area contributed by atoms with E-state index in [1.807, 2.05) is 29.7 Å². The summed E-state index contributed by atoms with van der Waals surface area (Å²) in [5, 5.41) is 21.5. The summed E-state index contributed by atoms with van der Waals surface area (Å²) in [4.78, 5) is 18.0. The van der Waals surface area contributed by atoms with Crippen LogP contribution in [-0.2, 0) is 0 Å². The van der Waals surface area contributed by atoms with Gasteiger partial charge >= 0.3 is 0 Å². The summed E-state index contributed by atoms with van der Waals surface area (Å²) in [5.74, 6) is 0.522. The Balaban J connectivity index is 1.63. The number of nitriles is 2. The Morgan fingerprint density at radius 3 is 2.62 bits per heavy atom. The van der Waals surface area contributed by atoms with Crippen molar-refractivity contribution in [2.24, 2.45) is 0 Å². The van der Waals surface area contributed by atoms with Gasteiger partial charge in [-0.25, -0.2) is 4.98 Å². The Bertz CT molecular complexity index is 1390. The van der Waals surface area contributed by atoms with Gasteiger partial charge in [-0.05, 0) is 17.7 Å². The number of hydrogen-bond donors (Lipinski definition) is 0. The summed E-state index contributed by atoms with van der Waals surface area (Å²) < 4.78 is 6.83. The molecule has 7 heteroatoms. The molecule has 0 aliphatic heterocycles. The smallest absolute Gasteiger partial charge is 0.194 e. The van der Waals surface area contributed by atoms with Gasteiger partial charge in [-0.2, -0.15) is 10.5 Å². The Labute approximate surface area is 173 Å². The molecule has 0 saturated carbocycles. The van der Waals surface area contributed by atoms with Crippen LogP contribution in [0.1, 0.15) is 20.8 Å². The average Bonchev–Trinajstić information content (AvgIpc) is 3.49. The number of carbonyl (C=O) groups excluding carboxylic acids is 1. The lowest BCUT2D eigenvalue weighted by molar-refractivity contribution is 0.104. The number of nitrogens with zero attached hydrogens (tertiary/aromatic N) is 3. The molecule has 0 fully saturated rings. The highest BCUT2D eigenvalue weighted by Gasteiger charge is 2.32. The summed E-state index contributed by atoms with van der Waals surface area (Å²) in [6, 6.07) is 14.7. The molecule has 0 spiro atoms. The lowest BCUT2D eigenvalue weighted by atomic mass is 9.99. The van der Waals surface area contributed by atoms with E-state index in [0.29, 0.717) is 33.6 Å². The van der Waals surface area contributed by atoms with Crippen molar-refractivity contribution in [3.63, 3.8) is 0 Å². The number of thiophene rings is 1. The summed E-state index contributed by atoms with van der Waals surface area (Å²) in [6.45, 7) is 0. The predicted octanol–water partition coefficient (Wildman–Crippen LogP) is 5.70. The van der Waals surface area contributed by atoms with E-state index in [0.717, 1.165) is 14.6 Å². The van der Waals surface area contributed by atoms with E-state index >= 15 is 0 Å². The number of carbonyl (C=O) groups is 1. The predicted molar refractivity (Wildman–Crippen MR) is 112 cm³/mol. The number of ketones is 1. The monoisotopic (exact) mass is 411 g/mol. The maximum absolute atomic E-state index is 13.0. The maximum atomic E-state index is 13.0. The third kappa shape index (κ3) is 2.73. The van der Waals surface area contributed by atoms with Gasteiger partial charge in [-0.3, -0.25) is 4.79 Å². The van der Waals surface area contributed by atoms with Crippen LogP contribution in [0.3, 0.4) is 0 Å². The van der Waals surface area contributed by atoms with Crippen LogP contribution in [0.15, 0.2) is 63.5 Å². The molecule has 0 radical (unpaired) electrons. The standard InChI is InChI=1S/C22H9N3O2S2/c23-10-12(11-24)20-14-3-1-2-4-15(14)21(26)16(20)7-13-8-17-19(29-13)9-18(27-17)22-25-5-6-28-22/h1-9H/b16-7-. The fourth-order valence-electron chi connectivity index (χ4n) is 3.36. The van der Waals surface area contributed by atoms with Crippen LogP contribution in [0.5, 0.6) is 0 Å². The second kappa shape index (κ2) is 6.68. The molecule has 1 aliphatic rings. The van der Waals surface area contributed by atoms with Crippen LogP contribution >= 0.6 is 22.7 Å². The van der Waals surface area contributed by atoms with Crippen molar-refractivity contribution in [3.8, 4) is 22.9 Å². The number of Topliss-reactive ketones (excluding diaryl/α,β-unsaturated/α-hetero) is 1. The zero-order valence-corrected chi connectivity index (χ0v) is 16.3. The molecule has 0 N–H and O–H groups in total. The minimum absolute atomic E-state index is 0.0687. The molecule has 5 rings (SSSR count). The first-order valence-electron chi connectivity index (χ1n) is 8.53. The third-order valence-electron chi connectivity index (χ3n) is 4.58.